The summed E-state index contributed by atoms with van der Waals surface area (Å²) in [7, 11) is -4.04. The molecule has 0 spiro atoms. The summed E-state index contributed by atoms with van der Waals surface area (Å²) in [6.07, 6.45) is -1.08. The Kier molecular flexibility index (Phi) is 7.44. The number of aliphatic hydroxyl groups is 1. The average molecular weight is 449 g/mol. The molecule has 0 aliphatic rings. The number of hydrogen-bond donors (Lipinski definition) is 2. The lowest BCUT2D eigenvalue weighted by atomic mass is 10.0. The SMILES string of the molecule is O=C(c1ccccc1)C(O)c1ccccc1.O=S(=O)(O)c1ccc(Br)cc1. The van der Waals surface area contributed by atoms with Gasteiger partial charge in [0.15, 0.2) is 5.78 Å². The molecule has 140 valence electrons. The van der Waals surface area contributed by atoms with Crippen LogP contribution in [0.4, 0.5) is 0 Å². The zero-order valence-electron chi connectivity index (χ0n) is 14.1. The molecule has 5 nitrogen and oxygen atoms in total. The predicted molar refractivity (Wildman–Crippen MR) is 106 cm³/mol. The van der Waals surface area contributed by atoms with Gasteiger partial charge in [0.05, 0.1) is 4.90 Å². The molecule has 0 aromatic heterocycles. The zero-order chi connectivity index (χ0) is 19.9. The minimum atomic E-state index is -4.04. The molecule has 2 N–H and O–H groups in total. The first-order valence-electron chi connectivity index (χ1n) is 7.84. The van der Waals surface area contributed by atoms with Crippen molar-refractivity contribution in [3.8, 4) is 0 Å². The van der Waals surface area contributed by atoms with Crippen LogP contribution in [0.2, 0.25) is 0 Å². The summed E-state index contributed by atoms with van der Waals surface area (Å²) in [6.45, 7) is 0. The van der Waals surface area contributed by atoms with E-state index in [0.29, 0.717) is 11.1 Å². The van der Waals surface area contributed by atoms with Crippen molar-refractivity contribution in [1.82, 2.24) is 0 Å². The van der Waals surface area contributed by atoms with Crippen molar-refractivity contribution < 1.29 is 22.9 Å². The Bertz CT molecular complexity index is 972. The molecule has 7 heteroatoms. The van der Waals surface area contributed by atoms with Gasteiger partial charge in [-0.25, -0.2) is 0 Å². The minimum Gasteiger partial charge on any atom is -0.380 e. The lowest BCUT2D eigenvalue weighted by Crippen LogP contribution is -2.11. The van der Waals surface area contributed by atoms with Crippen molar-refractivity contribution in [3.63, 3.8) is 0 Å². The Morgan fingerprint density at radius 2 is 1.30 bits per heavy atom. The Labute approximate surface area is 166 Å². The third kappa shape index (κ3) is 6.41. The molecule has 0 aliphatic heterocycles. The van der Waals surface area contributed by atoms with E-state index in [1.165, 1.54) is 12.1 Å². The van der Waals surface area contributed by atoms with Gasteiger partial charge in [-0.2, -0.15) is 8.42 Å². The van der Waals surface area contributed by atoms with E-state index in [1.807, 2.05) is 12.1 Å². The van der Waals surface area contributed by atoms with Gasteiger partial charge < -0.3 is 5.11 Å². The number of Topliss-reactive ketones (excluding diaryl/α,β-unsaturated/α-hetero) is 1. The predicted octanol–water partition coefficient (Wildman–Crippen LogP) is 4.30. The molecular formula is C20H17BrO5S. The zero-order valence-corrected chi connectivity index (χ0v) is 16.5. The summed E-state index contributed by atoms with van der Waals surface area (Å²) < 4.78 is 30.3. The molecule has 0 amide bonds. The molecule has 1 atom stereocenters. The maximum Gasteiger partial charge on any atom is 0.294 e. The summed E-state index contributed by atoms with van der Waals surface area (Å²) >= 11 is 3.14. The third-order valence-corrected chi connectivity index (χ3v) is 4.93. The van der Waals surface area contributed by atoms with Gasteiger partial charge in [0.1, 0.15) is 6.10 Å². The third-order valence-electron chi connectivity index (χ3n) is 3.53. The van der Waals surface area contributed by atoms with Crippen LogP contribution in [-0.2, 0) is 10.1 Å². The van der Waals surface area contributed by atoms with Gasteiger partial charge in [-0.1, -0.05) is 76.6 Å². The second kappa shape index (κ2) is 9.57. The van der Waals surface area contributed by atoms with Crippen LogP contribution < -0.4 is 0 Å². The number of aliphatic hydroxyl groups excluding tert-OH is 1. The van der Waals surface area contributed by atoms with E-state index in [2.05, 4.69) is 15.9 Å². The van der Waals surface area contributed by atoms with E-state index in [4.69, 9.17) is 4.55 Å². The highest BCUT2D eigenvalue weighted by atomic mass is 79.9. The molecule has 3 rings (SSSR count). The highest BCUT2D eigenvalue weighted by Gasteiger charge is 2.18. The molecular weight excluding hydrogens is 432 g/mol. The quantitative estimate of drug-likeness (QED) is 0.458. The first-order valence-corrected chi connectivity index (χ1v) is 10.1. The first-order chi connectivity index (χ1) is 12.8. The highest BCUT2D eigenvalue weighted by Crippen LogP contribution is 2.17. The fourth-order valence-electron chi connectivity index (χ4n) is 2.15. The minimum absolute atomic E-state index is 0.0966. The second-order valence-corrected chi connectivity index (χ2v) is 7.81. The number of benzene rings is 3. The van der Waals surface area contributed by atoms with Gasteiger partial charge in [-0.15, -0.1) is 0 Å². The molecule has 27 heavy (non-hydrogen) atoms. The van der Waals surface area contributed by atoms with Crippen LogP contribution in [0.5, 0.6) is 0 Å². The first kappa shape index (κ1) is 21.0. The van der Waals surface area contributed by atoms with Crippen LogP contribution in [0.15, 0.2) is 94.3 Å². The number of rotatable bonds is 4. The number of carbonyl (C=O) groups is 1. The van der Waals surface area contributed by atoms with Crippen molar-refractivity contribution in [3.05, 3.63) is 101 Å². The normalized spacial score (nSPS) is 11.8. The van der Waals surface area contributed by atoms with Crippen molar-refractivity contribution in [2.24, 2.45) is 0 Å². The van der Waals surface area contributed by atoms with E-state index in [9.17, 15) is 18.3 Å². The van der Waals surface area contributed by atoms with Crippen LogP contribution in [0.1, 0.15) is 22.0 Å². The van der Waals surface area contributed by atoms with Gasteiger partial charge in [0, 0.05) is 10.0 Å². The summed E-state index contributed by atoms with van der Waals surface area (Å²) in [5.74, 6) is -0.271. The van der Waals surface area contributed by atoms with Crippen molar-refractivity contribution in [2.75, 3.05) is 0 Å². The Morgan fingerprint density at radius 3 is 1.78 bits per heavy atom. The Hall–Kier alpha value is -2.32. The topological polar surface area (TPSA) is 91.7 Å². The lowest BCUT2D eigenvalue weighted by molar-refractivity contribution is 0.0747. The second-order valence-electron chi connectivity index (χ2n) is 5.47. The number of hydrogen-bond acceptors (Lipinski definition) is 4. The Morgan fingerprint density at radius 1 is 0.815 bits per heavy atom. The summed E-state index contributed by atoms with van der Waals surface area (Å²) in [4.78, 5) is 11.8. The van der Waals surface area contributed by atoms with Crippen LogP contribution >= 0.6 is 15.9 Å². The maximum absolute atomic E-state index is 11.9. The van der Waals surface area contributed by atoms with Crippen LogP contribution in [0.25, 0.3) is 0 Å². The van der Waals surface area contributed by atoms with E-state index in [-0.39, 0.29) is 10.7 Å². The highest BCUT2D eigenvalue weighted by molar-refractivity contribution is 9.10. The van der Waals surface area contributed by atoms with Crippen molar-refractivity contribution in [1.29, 1.82) is 0 Å². The number of halogens is 1. The molecule has 0 fully saturated rings. The molecule has 0 saturated heterocycles. The number of carbonyl (C=O) groups excluding carboxylic acids is 1. The monoisotopic (exact) mass is 448 g/mol. The van der Waals surface area contributed by atoms with Gasteiger partial charge in [-0.3, -0.25) is 9.35 Å². The molecule has 0 aliphatic carbocycles. The fourth-order valence-corrected chi connectivity index (χ4v) is 2.90. The van der Waals surface area contributed by atoms with Gasteiger partial charge in [-0.05, 0) is 29.8 Å². The fraction of sp³-hybridized carbons (Fsp3) is 0.0500. The van der Waals surface area contributed by atoms with E-state index < -0.39 is 16.2 Å². The molecule has 0 bridgehead atoms. The van der Waals surface area contributed by atoms with Crippen LogP contribution in [0, 0.1) is 0 Å². The van der Waals surface area contributed by atoms with E-state index in [1.54, 1.807) is 60.7 Å². The maximum atomic E-state index is 11.9. The van der Waals surface area contributed by atoms with Crippen molar-refractivity contribution in [2.45, 2.75) is 11.0 Å². The largest absolute Gasteiger partial charge is 0.380 e. The van der Waals surface area contributed by atoms with E-state index in [0.717, 1.165) is 4.47 Å². The number of ketones is 1. The molecule has 0 saturated carbocycles. The summed E-state index contributed by atoms with van der Waals surface area (Å²) in [5.41, 5.74) is 1.15. The lowest BCUT2D eigenvalue weighted by Gasteiger charge is -2.09. The summed E-state index contributed by atoms with van der Waals surface area (Å²) in [6, 6.07) is 23.5. The van der Waals surface area contributed by atoms with Gasteiger partial charge >= 0.3 is 0 Å². The molecule has 0 radical (unpaired) electrons. The Balaban J connectivity index is 0.000000208. The molecule has 1 unspecified atom stereocenters. The van der Waals surface area contributed by atoms with Crippen LogP contribution in [0.3, 0.4) is 0 Å². The van der Waals surface area contributed by atoms with Crippen molar-refractivity contribution >= 4 is 31.8 Å². The van der Waals surface area contributed by atoms with Gasteiger partial charge in [0.25, 0.3) is 10.1 Å². The van der Waals surface area contributed by atoms with Gasteiger partial charge in [0.2, 0.25) is 0 Å². The molecule has 0 heterocycles. The molecule has 3 aromatic carbocycles. The van der Waals surface area contributed by atoms with E-state index >= 15 is 0 Å². The van der Waals surface area contributed by atoms with Crippen LogP contribution in [-0.4, -0.2) is 23.9 Å². The summed E-state index contributed by atoms with van der Waals surface area (Å²) in [5, 5.41) is 9.89. The standard InChI is InChI=1S/C14H12O2.C6H5BrO3S/c15-13(11-7-3-1-4-8-11)14(16)12-9-5-2-6-10-12;7-5-1-3-6(4-2-5)11(8,9)10/h1-10,13,15H;1-4H,(H,8,9,10). The smallest absolute Gasteiger partial charge is 0.294 e. The molecule has 3 aromatic rings. The average Bonchev–Trinajstić information content (AvgIpc) is 2.68.